The SMILES string of the molecule is CCNC(=NCC(CCO)CC(C)C)NCCc1cccc(F)c1F.I. The summed E-state index contributed by atoms with van der Waals surface area (Å²) in [5.74, 6) is -0.0600. The van der Waals surface area contributed by atoms with Gasteiger partial charge in [0.05, 0.1) is 0 Å². The topological polar surface area (TPSA) is 56.7 Å². The predicted molar refractivity (Wildman–Crippen MR) is 114 cm³/mol. The number of rotatable bonds is 10. The van der Waals surface area contributed by atoms with Gasteiger partial charge in [-0.05, 0) is 49.7 Å². The lowest BCUT2D eigenvalue weighted by Gasteiger charge is -2.17. The van der Waals surface area contributed by atoms with E-state index in [1.807, 2.05) is 6.92 Å². The molecule has 0 aliphatic carbocycles. The zero-order valence-electron chi connectivity index (χ0n) is 15.9. The van der Waals surface area contributed by atoms with Crippen LogP contribution in [0.15, 0.2) is 23.2 Å². The molecule has 1 aromatic rings. The van der Waals surface area contributed by atoms with E-state index in [9.17, 15) is 13.9 Å². The van der Waals surface area contributed by atoms with Gasteiger partial charge < -0.3 is 15.7 Å². The average Bonchev–Trinajstić information content (AvgIpc) is 2.56. The number of benzene rings is 1. The molecule has 0 amide bonds. The van der Waals surface area contributed by atoms with E-state index < -0.39 is 11.6 Å². The van der Waals surface area contributed by atoms with Crippen LogP contribution in [0.1, 0.15) is 39.2 Å². The smallest absolute Gasteiger partial charge is 0.191 e. The van der Waals surface area contributed by atoms with Crippen molar-refractivity contribution < 1.29 is 13.9 Å². The molecule has 0 spiro atoms. The Balaban J connectivity index is 0.00000625. The molecule has 0 heterocycles. The molecule has 0 fully saturated rings. The Morgan fingerprint density at radius 3 is 2.58 bits per heavy atom. The maximum absolute atomic E-state index is 13.7. The van der Waals surface area contributed by atoms with Crippen LogP contribution >= 0.6 is 24.0 Å². The largest absolute Gasteiger partial charge is 0.396 e. The number of hydrogen-bond donors (Lipinski definition) is 3. The van der Waals surface area contributed by atoms with Gasteiger partial charge in [0.25, 0.3) is 0 Å². The summed E-state index contributed by atoms with van der Waals surface area (Å²) in [4.78, 5) is 4.57. The van der Waals surface area contributed by atoms with Gasteiger partial charge in [-0.2, -0.15) is 0 Å². The van der Waals surface area contributed by atoms with Gasteiger partial charge >= 0.3 is 0 Å². The summed E-state index contributed by atoms with van der Waals surface area (Å²) in [6.07, 6.45) is 2.12. The van der Waals surface area contributed by atoms with Gasteiger partial charge in [-0.25, -0.2) is 8.78 Å². The number of nitrogens with one attached hydrogen (secondary N) is 2. The maximum atomic E-state index is 13.7. The molecule has 0 saturated heterocycles. The first-order valence-corrected chi connectivity index (χ1v) is 9.03. The lowest BCUT2D eigenvalue weighted by Crippen LogP contribution is -2.38. The van der Waals surface area contributed by atoms with Crippen LogP contribution in [-0.2, 0) is 6.42 Å². The summed E-state index contributed by atoms with van der Waals surface area (Å²) in [5, 5.41) is 15.5. The molecule has 150 valence electrons. The third-order valence-electron chi connectivity index (χ3n) is 3.91. The molecule has 1 atom stereocenters. The zero-order valence-corrected chi connectivity index (χ0v) is 18.2. The van der Waals surface area contributed by atoms with E-state index in [2.05, 4.69) is 29.5 Å². The lowest BCUT2D eigenvalue weighted by atomic mass is 9.94. The zero-order chi connectivity index (χ0) is 18.7. The predicted octanol–water partition coefficient (Wildman–Crippen LogP) is 3.73. The van der Waals surface area contributed by atoms with Gasteiger partial charge in [0.1, 0.15) is 0 Å². The Morgan fingerprint density at radius 1 is 1.23 bits per heavy atom. The van der Waals surface area contributed by atoms with Crippen LogP contribution in [0.3, 0.4) is 0 Å². The van der Waals surface area contributed by atoms with Crippen molar-refractivity contribution in [3.63, 3.8) is 0 Å². The maximum Gasteiger partial charge on any atom is 0.191 e. The van der Waals surface area contributed by atoms with E-state index in [1.165, 1.54) is 6.07 Å². The van der Waals surface area contributed by atoms with E-state index in [-0.39, 0.29) is 30.6 Å². The molecule has 3 N–H and O–H groups in total. The molecule has 0 saturated carbocycles. The van der Waals surface area contributed by atoms with Crippen molar-refractivity contribution in [1.29, 1.82) is 0 Å². The molecule has 0 bridgehead atoms. The fraction of sp³-hybridized carbons (Fsp3) is 0.632. The molecule has 7 heteroatoms. The minimum absolute atomic E-state index is 0. The highest BCUT2D eigenvalue weighted by molar-refractivity contribution is 14.0. The molecule has 0 aromatic heterocycles. The first kappa shape index (κ1) is 25.0. The molecule has 1 aromatic carbocycles. The molecule has 0 aliphatic rings. The number of hydrogen-bond acceptors (Lipinski definition) is 2. The standard InChI is InChI=1S/C19H31F2N3O.HI/c1-4-22-19(24-13-15(9-11-25)12-14(2)3)23-10-8-16-6-5-7-17(20)18(16)21;/h5-7,14-15,25H,4,8-13H2,1-3H3,(H2,22,23,24);1H. The quantitative estimate of drug-likeness (QED) is 0.270. The van der Waals surface area contributed by atoms with Crippen molar-refractivity contribution in [2.45, 2.75) is 40.0 Å². The Morgan fingerprint density at radius 2 is 1.96 bits per heavy atom. The molecular formula is C19H32F2IN3O. The van der Waals surface area contributed by atoms with Gasteiger partial charge in [-0.15, -0.1) is 24.0 Å². The number of guanidine groups is 1. The van der Waals surface area contributed by atoms with Gasteiger partial charge in [-0.3, -0.25) is 4.99 Å². The van der Waals surface area contributed by atoms with Crippen molar-refractivity contribution in [2.75, 3.05) is 26.2 Å². The van der Waals surface area contributed by atoms with Gasteiger partial charge in [-0.1, -0.05) is 26.0 Å². The number of aliphatic imine (C=N–C) groups is 1. The third-order valence-corrected chi connectivity index (χ3v) is 3.91. The normalized spacial score (nSPS) is 12.7. The fourth-order valence-electron chi connectivity index (χ4n) is 2.75. The van der Waals surface area contributed by atoms with Crippen LogP contribution in [0.2, 0.25) is 0 Å². The molecular weight excluding hydrogens is 451 g/mol. The second-order valence-electron chi connectivity index (χ2n) is 6.62. The van der Waals surface area contributed by atoms with Crippen molar-refractivity contribution in [3.8, 4) is 0 Å². The van der Waals surface area contributed by atoms with Crippen LogP contribution < -0.4 is 10.6 Å². The van der Waals surface area contributed by atoms with Crippen LogP contribution in [0.4, 0.5) is 8.78 Å². The first-order chi connectivity index (χ1) is 12.0. The van der Waals surface area contributed by atoms with Crippen LogP contribution in [0.5, 0.6) is 0 Å². The number of nitrogens with zero attached hydrogens (tertiary/aromatic N) is 1. The molecule has 1 rings (SSSR count). The van der Waals surface area contributed by atoms with E-state index in [1.54, 1.807) is 6.07 Å². The lowest BCUT2D eigenvalue weighted by molar-refractivity contribution is 0.245. The highest BCUT2D eigenvalue weighted by Gasteiger charge is 2.11. The number of aliphatic hydroxyl groups excluding tert-OH is 1. The summed E-state index contributed by atoms with van der Waals surface area (Å²) in [6.45, 7) is 8.26. The Bertz CT molecular complexity index is 542. The minimum Gasteiger partial charge on any atom is -0.396 e. The molecule has 26 heavy (non-hydrogen) atoms. The first-order valence-electron chi connectivity index (χ1n) is 9.03. The summed E-state index contributed by atoms with van der Waals surface area (Å²) < 4.78 is 26.9. The van der Waals surface area contributed by atoms with E-state index in [0.717, 1.165) is 25.5 Å². The van der Waals surface area contributed by atoms with Crippen molar-refractivity contribution in [3.05, 3.63) is 35.4 Å². The van der Waals surface area contributed by atoms with E-state index >= 15 is 0 Å². The average molecular weight is 483 g/mol. The fourth-order valence-corrected chi connectivity index (χ4v) is 2.75. The second kappa shape index (κ2) is 14.1. The van der Waals surface area contributed by atoms with Gasteiger partial charge in [0.15, 0.2) is 17.6 Å². The summed E-state index contributed by atoms with van der Waals surface area (Å²) in [5.41, 5.74) is 0.348. The van der Waals surface area contributed by atoms with Crippen molar-refractivity contribution in [1.82, 2.24) is 10.6 Å². The molecule has 1 unspecified atom stereocenters. The minimum atomic E-state index is -0.821. The summed E-state index contributed by atoms with van der Waals surface area (Å²) in [6, 6.07) is 4.22. The van der Waals surface area contributed by atoms with E-state index in [0.29, 0.717) is 42.9 Å². The van der Waals surface area contributed by atoms with Crippen LogP contribution in [0, 0.1) is 23.5 Å². The summed E-state index contributed by atoms with van der Waals surface area (Å²) >= 11 is 0. The van der Waals surface area contributed by atoms with Crippen LogP contribution in [-0.4, -0.2) is 37.3 Å². The number of halogens is 3. The number of aliphatic hydroxyl groups is 1. The molecule has 4 nitrogen and oxygen atoms in total. The van der Waals surface area contributed by atoms with Gasteiger partial charge in [0, 0.05) is 26.2 Å². The summed E-state index contributed by atoms with van der Waals surface area (Å²) in [7, 11) is 0. The Hall–Kier alpha value is -0.960. The second-order valence-corrected chi connectivity index (χ2v) is 6.62. The Kier molecular flexibility index (Phi) is 13.6. The van der Waals surface area contributed by atoms with Crippen LogP contribution in [0.25, 0.3) is 0 Å². The Labute approximate surface area is 172 Å². The van der Waals surface area contributed by atoms with Crippen molar-refractivity contribution in [2.24, 2.45) is 16.8 Å². The third kappa shape index (κ3) is 9.66. The highest BCUT2D eigenvalue weighted by atomic mass is 127. The van der Waals surface area contributed by atoms with E-state index in [4.69, 9.17) is 0 Å². The van der Waals surface area contributed by atoms with Gasteiger partial charge in [0.2, 0.25) is 0 Å². The highest BCUT2D eigenvalue weighted by Crippen LogP contribution is 2.15. The van der Waals surface area contributed by atoms with Crippen molar-refractivity contribution >= 4 is 29.9 Å². The monoisotopic (exact) mass is 483 g/mol. The molecule has 0 radical (unpaired) electrons. The molecule has 0 aliphatic heterocycles.